The molecule has 0 aromatic rings. The van der Waals surface area contributed by atoms with Gasteiger partial charge in [0, 0.05) is 7.11 Å². The van der Waals surface area contributed by atoms with E-state index in [0.717, 1.165) is 12.8 Å². The Labute approximate surface area is 97.6 Å². The molecule has 16 heavy (non-hydrogen) atoms. The monoisotopic (exact) mass is 232 g/mol. The van der Waals surface area contributed by atoms with Gasteiger partial charge < -0.3 is 9.47 Å². The lowest BCUT2D eigenvalue weighted by atomic mass is 10.1. The van der Waals surface area contributed by atoms with Gasteiger partial charge in [-0.15, -0.1) is 0 Å². The molecule has 3 N–H and O–H groups in total. The van der Waals surface area contributed by atoms with Gasteiger partial charge in [-0.3, -0.25) is 10.2 Å². The Kier molecular flexibility index (Phi) is 7.29. The summed E-state index contributed by atoms with van der Waals surface area (Å²) in [5, 5.41) is 0. The van der Waals surface area contributed by atoms with E-state index in [2.05, 4.69) is 5.43 Å². The molecule has 0 heterocycles. The first-order valence-corrected chi connectivity index (χ1v) is 5.64. The normalized spacial score (nSPS) is 13.6. The standard InChI is InChI=1S/C11H24N2O3/c1-5-6-9(10(14)13-12)16-8-7-11(2,3)15-4/h9H,5-8,12H2,1-4H3,(H,13,14). The van der Waals surface area contributed by atoms with E-state index >= 15 is 0 Å². The van der Waals surface area contributed by atoms with Gasteiger partial charge in [-0.1, -0.05) is 13.3 Å². The first-order chi connectivity index (χ1) is 7.46. The minimum absolute atomic E-state index is 0.226. The van der Waals surface area contributed by atoms with E-state index in [1.165, 1.54) is 0 Å². The summed E-state index contributed by atoms with van der Waals surface area (Å²) in [6.45, 7) is 6.44. The van der Waals surface area contributed by atoms with Gasteiger partial charge in [0.15, 0.2) is 0 Å². The molecule has 0 rings (SSSR count). The highest BCUT2D eigenvalue weighted by atomic mass is 16.5. The van der Waals surface area contributed by atoms with Crippen molar-refractivity contribution in [1.82, 2.24) is 5.43 Å². The third kappa shape index (κ3) is 6.05. The number of hydrogen-bond donors (Lipinski definition) is 2. The average Bonchev–Trinajstić information content (AvgIpc) is 2.27. The molecule has 0 aliphatic rings. The lowest BCUT2D eigenvalue weighted by molar-refractivity contribution is -0.134. The molecule has 0 aromatic heterocycles. The van der Waals surface area contributed by atoms with Crippen LogP contribution in [0, 0.1) is 0 Å². The third-order valence-corrected chi connectivity index (χ3v) is 2.56. The highest BCUT2D eigenvalue weighted by Crippen LogP contribution is 2.14. The molecular formula is C11H24N2O3. The molecule has 0 bridgehead atoms. The molecule has 5 nitrogen and oxygen atoms in total. The van der Waals surface area contributed by atoms with Crippen molar-refractivity contribution in [3.63, 3.8) is 0 Å². The minimum atomic E-state index is -0.456. The second-order valence-corrected chi connectivity index (χ2v) is 4.37. The maximum atomic E-state index is 11.3. The van der Waals surface area contributed by atoms with Gasteiger partial charge in [0.2, 0.25) is 0 Å². The molecule has 0 fully saturated rings. The number of rotatable bonds is 8. The maximum absolute atomic E-state index is 11.3. The molecule has 1 atom stereocenters. The third-order valence-electron chi connectivity index (χ3n) is 2.56. The van der Waals surface area contributed by atoms with Gasteiger partial charge in [-0.05, 0) is 26.7 Å². The zero-order valence-corrected chi connectivity index (χ0v) is 10.7. The number of carbonyl (C=O) groups excluding carboxylic acids is 1. The summed E-state index contributed by atoms with van der Waals surface area (Å²) in [5.74, 6) is 4.82. The predicted octanol–water partition coefficient (Wildman–Crippen LogP) is 0.977. The van der Waals surface area contributed by atoms with Crippen LogP contribution in [-0.2, 0) is 14.3 Å². The van der Waals surface area contributed by atoms with Crippen LogP contribution in [0.25, 0.3) is 0 Å². The number of methoxy groups -OCH3 is 1. The molecule has 0 aromatic carbocycles. The molecule has 96 valence electrons. The number of amides is 1. The van der Waals surface area contributed by atoms with Gasteiger partial charge in [0.25, 0.3) is 5.91 Å². The summed E-state index contributed by atoms with van der Waals surface area (Å²) in [6, 6.07) is 0. The summed E-state index contributed by atoms with van der Waals surface area (Å²) in [7, 11) is 1.66. The lowest BCUT2D eigenvalue weighted by Gasteiger charge is -2.24. The minimum Gasteiger partial charge on any atom is -0.379 e. The summed E-state index contributed by atoms with van der Waals surface area (Å²) >= 11 is 0. The maximum Gasteiger partial charge on any atom is 0.262 e. The number of nitrogens with one attached hydrogen (secondary N) is 1. The van der Waals surface area contributed by atoms with Crippen molar-refractivity contribution in [2.45, 2.75) is 51.7 Å². The van der Waals surface area contributed by atoms with Crippen molar-refractivity contribution >= 4 is 5.91 Å². The average molecular weight is 232 g/mol. The van der Waals surface area contributed by atoms with E-state index in [1.807, 2.05) is 20.8 Å². The van der Waals surface area contributed by atoms with E-state index in [0.29, 0.717) is 13.0 Å². The molecule has 1 unspecified atom stereocenters. The molecule has 1 amide bonds. The SMILES string of the molecule is CCCC(OCCC(C)(C)OC)C(=O)NN. The van der Waals surface area contributed by atoms with E-state index in [-0.39, 0.29) is 11.5 Å². The van der Waals surface area contributed by atoms with Crippen LogP contribution >= 0.6 is 0 Å². The molecule has 0 spiro atoms. The van der Waals surface area contributed by atoms with Crippen molar-refractivity contribution in [3.8, 4) is 0 Å². The zero-order chi connectivity index (χ0) is 12.6. The number of hydrogen-bond acceptors (Lipinski definition) is 4. The molecular weight excluding hydrogens is 208 g/mol. The summed E-state index contributed by atoms with van der Waals surface area (Å²) < 4.78 is 10.8. The van der Waals surface area contributed by atoms with Gasteiger partial charge in [-0.25, -0.2) is 5.84 Å². The van der Waals surface area contributed by atoms with Crippen LogP contribution in [0.4, 0.5) is 0 Å². The van der Waals surface area contributed by atoms with E-state index in [9.17, 15) is 4.79 Å². The van der Waals surface area contributed by atoms with Crippen molar-refractivity contribution in [2.75, 3.05) is 13.7 Å². The topological polar surface area (TPSA) is 73.6 Å². The number of hydrazine groups is 1. The van der Waals surface area contributed by atoms with Crippen molar-refractivity contribution < 1.29 is 14.3 Å². The van der Waals surface area contributed by atoms with Crippen LogP contribution in [0.5, 0.6) is 0 Å². The van der Waals surface area contributed by atoms with Crippen molar-refractivity contribution in [2.24, 2.45) is 5.84 Å². The fourth-order valence-corrected chi connectivity index (χ4v) is 1.19. The Bertz CT molecular complexity index is 207. The Morgan fingerprint density at radius 3 is 2.56 bits per heavy atom. The highest BCUT2D eigenvalue weighted by molar-refractivity contribution is 5.80. The first kappa shape index (κ1) is 15.3. The number of ether oxygens (including phenoxy) is 2. The Hall–Kier alpha value is -0.650. The Balaban J connectivity index is 3.98. The second kappa shape index (κ2) is 7.60. The number of carbonyl (C=O) groups is 1. The van der Waals surface area contributed by atoms with Crippen molar-refractivity contribution in [3.05, 3.63) is 0 Å². The molecule has 0 radical (unpaired) electrons. The zero-order valence-electron chi connectivity index (χ0n) is 10.7. The molecule has 0 saturated heterocycles. The van der Waals surface area contributed by atoms with Crippen LogP contribution in [0.3, 0.4) is 0 Å². The van der Waals surface area contributed by atoms with Crippen LogP contribution < -0.4 is 11.3 Å². The van der Waals surface area contributed by atoms with Gasteiger partial charge in [0.05, 0.1) is 12.2 Å². The Morgan fingerprint density at radius 1 is 1.50 bits per heavy atom. The molecule has 0 saturated carbocycles. The van der Waals surface area contributed by atoms with E-state index < -0.39 is 6.10 Å². The van der Waals surface area contributed by atoms with Crippen LogP contribution in [0.15, 0.2) is 0 Å². The van der Waals surface area contributed by atoms with Crippen molar-refractivity contribution in [1.29, 1.82) is 0 Å². The smallest absolute Gasteiger partial charge is 0.262 e. The highest BCUT2D eigenvalue weighted by Gasteiger charge is 2.20. The molecule has 5 heteroatoms. The van der Waals surface area contributed by atoms with E-state index in [1.54, 1.807) is 7.11 Å². The summed E-state index contributed by atoms with van der Waals surface area (Å²) in [4.78, 5) is 11.3. The fraction of sp³-hybridized carbons (Fsp3) is 0.909. The molecule has 0 aliphatic heterocycles. The molecule has 0 aliphatic carbocycles. The largest absolute Gasteiger partial charge is 0.379 e. The van der Waals surface area contributed by atoms with Crippen LogP contribution in [-0.4, -0.2) is 31.3 Å². The predicted molar refractivity (Wildman–Crippen MR) is 62.7 cm³/mol. The number of nitrogens with two attached hydrogens (primary N) is 1. The first-order valence-electron chi connectivity index (χ1n) is 5.64. The fourth-order valence-electron chi connectivity index (χ4n) is 1.19. The summed E-state index contributed by atoms with van der Waals surface area (Å²) in [5.41, 5.74) is 1.89. The second-order valence-electron chi connectivity index (χ2n) is 4.37. The van der Waals surface area contributed by atoms with Gasteiger partial charge >= 0.3 is 0 Å². The van der Waals surface area contributed by atoms with Crippen LogP contribution in [0.1, 0.15) is 40.0 Å². The quantitative estimate of drug-likeness (QED) is 0.371. The van der Waals surface area contributed by atoms with Crippen LogP contribution in [0.2, 0.25) is 0 Å². The Morgan fingerprint density at radius 2 is 2.12 bits per heavy atom. The summed E-state index contributed by atoms with van der Waals surface area (Å²) in [6.07, 6.45) is 1.84. The lowest BCUT2D eigenvalue weighted by Crippen LogP contribution is -2.41. The van der Waals surface area contributed by atoms with E-state index in [4.69, 9.17) is 15.3 Å². The van der Waals surface area contributed by atoms with Gasteiger partial charge in [0.1, 0.15) is 6.10 Å². The van der Waals surface area contributed by atoms with Gasteiger partial charge in [-0.2, -0.15) is 0 Å².